The summed E-state index contributed by atoms with van der Waals surface area (Å²) in [5.74, 6) is 2.60. The van der Waals surface area contributed by atoms with Crippen molar-refractivity contribution in [2.45, 2.75) is 93.0 Å². The average molecular weight is 655 g/mol. The van der Waals surface area contributed by atoms with E-state index in [1.54, 1.807) is 0 Å². The van der Waals surface area contributed by atoms with Crippen molar-refractivity contribution >= 4 is 22.1 Å². The molecule has 0 aliphatic rings. The number of aryl methyl sites for hydroxylation is 2. The van der Waals surface area contributed by atoms with Gasteiger partial charge in [-0.1, -0.05) is 24.1 Å². The molecule has 0 radical (unpaired) electrons. The van der Waals surface area contributed by atoms with E-state index >= 15 is 0 Å². The van der Waals surface area contributed by atoms with E-state index in [9.17, 15) is 0 Å². The molecule has 4 aromatic rings. The molecule has 0 bridgehead atoms. The molecule has 0 fully saturated rings. The fourth-order valence-corrected chi connectivity index (χ4v) is 21.6. The third-order valence-corrected chi connectivity index (χ3v) is 23.2. The fraction of sp³-hybridized carbons (Fsp3) is 0.405. The van der Waals surface area contributed by atoms with Gasteiger partial charge in [0.05, 0.1) is 0 Å². The number of hydrogen-bond acceptors (Lipinski definition) is 2. The molecule has 0 atom stereocenters. The molecule has 216 valence electrons. The number of aromatic nitrogens is 3. The Hall–Kier alpha value is -2.84. The van der Waals surface area contributed by atoms with E-state index in [1.165, 1.54) is 83.5 Å². The Labute approximate surface area is 253 Å². The molecule has 3 aromatic carbocycles. The molecule has 0 amide bonds. The number of nitrogens with zero attached hydrogens (tertiary/aromatic N) is 3. The summed E-state index contributed by atoms with van der Waals surface area (Å²) >= 11 is -2.74. The molecule has 4 rings (SSSR count). The molecule has 0 spiro atoms. The molecule has 0 unspecified atom stereocenters. The van der Waals surface area contributed by atoms with Crippen LogP contribution in [0.3, 0.4) is 0 Å². The Morgan fingerprint density at radius 2 is 1.24 bits per heavy atom. The van der Waals surface area contributed by atoms with Gasteiger partial charge in [0.2, 0.25) is 0 Å². The van der Waals surface area contributed by atoms with Gasteiger partial charge in [0.25, 0.3) is 0 Å². The summed E-state index contributed by atoms with van der Waals surface area (Å²) in [5.41, 5.74) is 7.42. The van der Waals surface area contributed by atoms with Crippen LogP contribution < -0.4 is 3.71 Å². The first kappa shape index (κ1) is 32.7. The van der Waals surface area contributed by atoms with Gasteiger partial charge >= 0.3 is 200 Å². The zero-order valence-corrected chi connectivity index (χ0v) is 28.8. The number of unbranched alkanes of at least 4 members (excludes halogenated alkanes) is 3. The second-order valence-corrected chi connectivity index (χ2v) is 24.2. The standard InChI is InChI=1S/C16H14N3.C9H8.3C4H9.Sn/c1-13-7-5-6-10-15(13)16-11-17-18-19(16)12-14-8-3-2-4-9-14;1-3-9-7-5-4-6-8(9)2;3*1-3-4-2;/h2-10H,12H2,1H3;1,4-7H,2H3;3*1,3-4H2,2H3;. The molecule has 41 heavy (non-hydrogen) atoms. The maximum atomic E-state index is 5.20. The second kappa shape index (κ2) is 17.2. The summed E-state index contributed by atoms with van der Waals surface area (Å²) in [7, 11) is 0. The SMILES string of the molecule is C#Cc1ccccc1C.CCC[CH2][Sn]([CH2]CCC)([CH2]CCC)[c]1nnn(Cc2ccccc2)c1-c1ccccc1C. The third kappa shape index (κ3) is 9.07. The molecule has 0 saturated heterocycles. The van der Waals surface area contributed by atoms with Gasteiger partial charge in [-0.05, 0) is 18.6 Å². The summed E-state index contributed by atoms with van der Waals surface area (Å²) < 4.78 is 7.89. The van der Waals surface area contributed by atoms with Crippen molar-refractivity contribution in [2.24, 2.45) is 0 Å². The maximum absolute atomic E-state index is 5.20. The minimum atomic E-state index is -2.74. The molecule has 0 saturated carbocycles. The molecule has 0 N–H and O–H groups in total. The molecular weight excluding hydrogens is 605 g/mol. The summed E-state index contributed by atoms with van der Waals surface area (Å²) in [6.45, 7) is 12.0. The molecule has 4 heteroatoms. The summed E-state index contributed by atoms with van der Waals surface area (Å²) in [6, 6.07) is 27.4. The second-order valence-electron chi connectivity index (χ2n) is 11.3. The summed E-state index contributed by atoms with van der Waals surface area (Å²) in [5, 5.41) is 9.91. The van der Waals surface area contributed by atoms with Crippen LogP contribution in [0.2, 0.25) is 13.3 Å². The van der Waals surface area contributed by atoms with Gasteiger partial charge in [-0.2, -0.15) is 0 Å². The van der Waals surface area contributed by atoms with Crippen LogP contribution in [0.4, 0.5) is 0 Å². The van der Waals surface area contributed by atoms with Crippen molar-refractivity contribution in [3.05, 3.63) is 101 Å². The van der Waals surface area contributed by atoms with Crippen molar-refractivity contribution in [2.75, 3.05) is 0 Å². The predicted octanol–water partition coefficient (Wildman–Crippen LogP) is 9.33. The Kier molecular flexibility index (Phi) is 13.7. The van der Waals surface area contributed by atoms with Gasteiger partial charge in [-0.15, -0.1) is 6.42 Å². The van der Waals surface area contributed by atoms with E-state index in [2.05, 4.69) is 92.9 Å². The van der Waals surface area contributed by atoms with E-state index in [-0.39, 0.29) is 0 Å². The predicted molar refractivity (Wildman–Crippen MR) is 179 cm³/mol. The Morgan fingerprint density at radius 1 is 0.707 bits per heavy atom. The van der Waals surface area contributed by atoms with E-state index in [1.807, 2.05) is 31.2 Å². The van der Waals surface area contributed by atoms with E-state index < -0.39 is 18.4 Å². The quantitative estimate of drug-likeness (QED) is 0.106. The van der Waals surface area contributed by atoms with Gasteiger partial charge in [-0.3, -0.25) is 0 Å². The van der Waals surface area contributed by atoms with Crippen LogP contribution in [0.5, 0.6) is 0 Å². The van der Waals surface area contributed by atoms with Crippen molar-refractivity contribution in [3.63, 3.8) is 0 Å². The first-order valence-electron chi connectivity index (χ1n) is 15.6. The molecule has 3 nitrogen and oxygen atoms in total. The third-order valence-electron chi connectivity index (χ3n) is 8.14. The monoisotopic (exact) mass is 655 g/mol. The number of terminal acetylenes is 1. The Balaban J connectivity index is 0.000000436. The summed E-state index contributed by atoms with van der Waals surface area (Å²) in [4.78, 5) is 0. The van der Waals surface area contributed by atoms with Gasteiger partial charge in [-0.25, -0.2) is 0 Å². The Bertz CT molecular complexity index is 1340. The number of hydrogen-bond donors (Lipinski definition) is 0. The van der Waals surface area contributed by atoms with Gasteiger partial charge in [0.15, 0.2) is 0 Å². The van der Waals surface area contributed by atoms with Crippen LogP contribution in [-0.4, -0.2) is 33.4 Å². The minimum absolute atomic E-state index is 0.786. The fourth-order valence-electron chi connectivity index (χ4n) is 5.65. The number of benzene rings is 3. The van der Waals surface area contributed by atoms with Gasteiger partial charge in [0.1, 0.15) is 0 Å². The van der Waals surface area contributed by atoms with Crippen molar-refractivity contribution in [1.29, 1.82) is 0 Å². The van der Waals surface area contributed by atoms with Crippen LogP contribution >= 0.6 is 0 Å². The number of rotatable bonds is 13. The summed E-state index contributed by atoms with van der Waals surface area (Å²) in [6.07, 6.45) is 13.0. The van der Waals surface area contributed by atoms with Crippen molar-refractivity contribution in [1.82, 2.24) is 15.0 Å². The zero-order chi connectivity index (χ0) is 29.5. The van der Waals surface area contributed by atoms with E-state index in [0.29, 0.717) is 0 Å². The van der Waals surface area contributed by atoms with Crippen LogP contribution in [0.25, 0.3) is 11.3 Å². The van der Waals surface area contributed by atoms with Crippen LogP contribution in [0.1, 0.15) is 81.5 Å². The Morgan fingerprint density at radius 3 is 1.76 bits per heavy atom. The first-order chi connectivity index (χ1) is 20.0. The van der Waals surface area contributed by atoms with Crippen molar-refractivity contribution in [3.8, 4) is 23.6 Å². The van der Waals surface area contributed by atoms with E-state index in [4.69, 9.17) is 16.7 Å². The van der Waals surface area contributed by atoms with E-state index in [0.717, 1.165) is 12.1 Å². The molecule has 1 heterocycles. The van der Waals surface area contributed by atoms with Gasteiger partial charge < -0.3 is 0 Å². The van der Waals surface area contributed by atoms with Crippen LogP contribution in [0.15, 0.2) is 78.9 Å². The van der Waals surface area contributed by atoms with Gasteiger partial charge in [0, 0.05) is 5.56 Å². The average Bonchev–Trinajstić information content (AvgIpc) is 3.42. The molecule has 1 aromatic heterocycles. The van der Waals surface area contributed by atoms with Crippen LogP contribution in [-0.2, 0) is 6.54 Å². The first-order valence-corrected chi connectivity index (χ1v) is 23.0. The molecule has 0 aliphatic heterocycles. The normalized spacial score (nSPS) is 11.0. The molecular formula is C37H49N3Sn. The van der Waals surface area contributed by atoms with Crippen molar-refractivity contribution < 1.29 is 0 Å². The zero-order valence-electron chi connectivity index (χ0n) is 26.0. The molecule has 0 aliphatic carbocycles. The topological polar surface area (TPSA) is 30.7 Å². The van der Waals surface area contributed by atoms with Crippen LogP contribution in [0, 0.1) is 26.2 Å².